The lowest BCUT2D eigenvalue weighted by molar-refractivity contribution is 0.970. The summed E-state index contributed by atoms with van der Waals surface area (Å²) in [6, 6.07) is 0. The molecule has 0 rings (SSSR count). The normalized spacial score (nSPS) is 10.8. The van der Waals surface area contributed by atoms with Crippen molar-refractivity contribution in [2.24, 2.45) is 5.14 Å². The standard InChI is InChI=1S/C6H13NS/c1-2-3-4-5-6-8-7/h2-3H,4-7H2,1H3/b3-2+. The number of hydrogen-bond acceptors (Lipinski definition) is 2. The van der Waals surface area contributed by atoms with Crippen LogP contribution in [0.4, 0.5) is 0 Å². The van der Waals surface area contributed by atoms with E-state index < -0.39 is 0 Å². The summed E-state index contributed by atoms with van der Waals surface area (Å²) < 4.78 is 0. The Morgan fingerprint density at radius 1 is 1.62 bits per heavy atom. The van der Waals surface area contributed by atoms with Crippen LogP contribution in [0.15, 0.2) is 12.2 Å². The van der Waals surface area contributed by atoms with Crippen molar-refractivity contribution in [2.75, 3.05) is 5.75 Å². The Hall–Kier alpha value is 0.0500. The van der Waals surface area contributed by atoms with E-state index in [-0.39, 0.29) is 0 Å². The SMILES string of the molecule is C/C=C/CCCSN. The number of hydrogen-bond donors (Lipinski definition) is 1. The topological polar surface area (TPSA) is 26.0 Å². The zero-order valence-corrected chi connectivity index (χ0v) is 6.08. The maximum absolute atomic E-state index is 5.20. The van der Waals surface area contributed by atoms with Gasteiger partial charge in [0.2, 0.25) is 0 Å². The van der Waals surface area contributed by atoms with Crippen molar-refractivity contribution in [3.63, 3.8) is 0 Å². The number of rotatable bonds is 4. The lowest BCUT2D eigenvalue weighted by atomic mass is 10.3. The second-order valence-corrected chi connectivity index (χ2v) is 2.32. The molecule has 0 unspecified atom stereocenters. The van der Waals surface area contributed by atoms with Crippen LogP contribution in [0, 0.1) is 0 Å². The minimum absolute atomic E-state index is 1.07. The second-order valence-electron chi connectivity index (χ2n) is 1.58. The molecule has 0 radical (unpaired) electrons. The lowest BCUT2D eigenvalue weighted by Gasteiger charge is -1.88. The van der Waals surface area contributed by atoms with Gasteiger partial charge in [0.1, 0.15) is 0 Å². The molecule has 8 heavy (non-hydrogen) atoms. The molecule has 0 bridgehead atoms. The van der Waals surface area contributed by atoms with Gasteiger partial charge in [-0.05, 0) is 19.8 Å². The predicted molar refractivity (Wildman–Crippen MR) is 40.7 cm³/mol. The highest BCUT2D eigenvalue weighted by molar-refractivity contribution is 7.97. The Morgan fingerprint density at radius 2 is 2.38 bits per heavy atom. The van der Waals surface area contributed by atoms with Gasteiger partial charge in [-0.3, -0.25) is 5.14 Å². The third kappa shape index (κ3) is 6.05. The van der Waals surface area contributed by atoms with Crippen molar-refractivity contribution >= 4 is 11.9 Å². The van der Waals surface area contributed by atoms with Gasteiger partial charge in [-0.1, -0.05) is 24.1 Å². The van der Waals surface area contributed by atoms with Crippen molar-refractivity contribution in [2.45, 2.75) is 19.8 Å². The highest BCUT2D eigenvalue weighted by atomic mass is 32.2. The highest BCUT2D eigenvalue weighted by Gasteiger charge is 1.79. The minimum atomic E-state index is 1.07. The number of nitrogens with two attached hydrogens (primary N) is 1. The molecule has 2 heteroatoms. The van der Waals surface area contributed by atoms with Gasteiger partial charge in [0.05, 0.1) is 0 Å². The smallest absolute Gasteiger partial charge is 0.00793 e. The van der Waals surface area contributed by atoms with E-state index >= 15 is 0 Å². The van der Waals surface area contributed by atoms with Crippen LogP contribution in [0.1, 0.15) is 19.8 Å². The first-order valence-electron chi connectivity index (χ1n) is 2.84. The first kappa shape index (κ1) is 8.05. The quantitative estimate of drug-likeness (QED) is 0.358. The van der Waals surface area contributed by atoms with Crippen LogP contribution < -0.4 is 5.14 Å². The van der Waals surface area contributed by atoms with Crippen LogP contribution in [-0.4, -0.2) is 5.75 Å². The van der Waals surface area contributed by atoms with Crippen LogP contribution in [-0.2, 0) is 0 Å². The van der Waals surface area contributed by atoms with Crippen molar-refractivity contribution in [1.82, 2.24) is 0 Å². The fourth-order valence-electron chi connectivity index (χ4n) is 0.451. The van der Waals surface area contributed by atoms with Gasteiger partial charge >= 0.3 is 0 Å². The maximum atomic E-state index is 5.20. The molecule has 0 saturated carbocycles. The van der Waals surface area contributed by atoms with Gasteiger partial charge in [-0.15, -0.1) is 0 Å². The Bertz CT molecular complexity index is 61.5. The Morgan fingerprint density at radius 3 is 2.88 bits per heavy atom. The average molecular weight is 131 g/mol. The number of unbranched alkanes of at least 4 members (excludes halogenated alkanes) is 1. The summed E-state index contributed by atoms with van der Waals surface area (Å²) in [5.74, 6) is 1.07. The Balaban J connectivity index is 2.72. The molecular weight excluding hydrogens is 118 g/mol. The summed E-state index contributed by atoms with van der Waals surface area (Å²) in [5, 5.41) is 5.20. The van der Waals surface area contributed by atoms with E-state index in [0.717, 1.165) is 5.75 Å². The molecule has 0 saturated heterocycles. The molecule has 0 aliphatic heterocycles. The van der Waals surface area contributed by atoms with E-state index in [2.05, 4.69) is 12.2 Å². The molecule has 2 N–H and O–H groups in total. The van der Waals surface area contributed by atoms with Gasteiger partial charge in [-0.25, -0.2) is 0 Å². The fraction of sp³-hybridized carbons (Fsp3) is 0.667. The van der Waals surface area contributed by atoms with Crippen LogP contribution in [0.5, 0.6) is 0 Å². The van der Waals surface area contributed by atoms with Gasteiger partial charge < -0.3 is 0 Å². The molecule has 0 aromatic carbocycles. The third-order valence-electron chi connectivity index (χ3n) is 0.869. The van der Waals surface area contributed by atoms with Crippen molar-refractivity contribution in [3.05, 3.63) is 12.2 Å². The monoisotopic (exact) mass is 131 g/mol. The second kappa shape index (κ2) is 7.05. The van der Waals surface area contributed by atoms with Gasteiger partial charge in [0.15, 0.2) is 0 Å². The van der Waals surface area contributed by atoms with E-state index in [9.17, 15) is 0 Å². The predicted octanol–water partition coefficient (Wildman–Crippen LogP) is 1.95. The van der Waals surface area contributed by atoms with Gasteiger partial charge in [-0.2, -0.15) is 0 Å². The molecule has 0 aromatic heterocycles. The molecule has 0 amide bonds. The summed E-state index contributed by atoms with van der Waals surface area (Å²) in [7, 11) is 0. The van der Waals surface area contributed by atoms with Crippen LogP contribution in [0.3, 0.4) is 0 Å². The minimum Gasteiger partial charge on any atom is -0.278 e. The molecule has 48 valence electrons. The van der Waals surface area contributed by atoms with E-state index in [4.69, 9.17) is 5.14 Å². The number of allylic oxidation sites excluding steroid dienone is 2. The highest BCUT2D eigenvalue weighted by Crippen LogP contribution is 1.96. The molecule has 0 aliphatic carbocycles. The Kier molecular flexibility index (Phi) is 7.09. The van der Waals surface area contributed by atoms with Gasteiger partial charge in [0.25, 0.3) is 0 Å². The largest absolute Gasteiger partial charge is 0.278 e. The zero-order valence-electron chi connectivity index (χ0n) is 5.26. The molecule has 0 fully saturated rings. The summed E-state index contributed by atoms with van der Waals surface area (Å²) in [6.45, 7) is 2.04. The van der Waals surface area contributed by atoms with Crippen molar-refractivity contribution in [1.29, 1.82) is 0 Å². The molecule has 0 heterocycles. The van der Waals surface area contributed by atoms with E-state index in [1.54, 1.807) is 0 Å². The lowest BCUT2D eigenvalue weighted by Crippen LogP contribution is -1.82. The summed E-state index contributed by atoms with van der Waals surface area (Å²) >= 11 is 1.42. The molecule has 1 nitrogen and oxygen atoms in total. The van der Waals surface area contributed by atoms with E-state index in [1.807, 2.05) is 6.92 Å². The van der Waals surface area contributed by atoms with Crippen LogP contribution in [0.25, 0.3) is 0 Å². The first-order valence-corrected chi connectivity index (χ1v) is 3.89. The summed E-state index contributed by atoms with van der Waals surface area (Å²) in [6.07, 6.45) is 6.60. The molecular formula is C6H13NS. The molecule has 0 spiro atoms. The van der Waals surface area contributed by atoms with Gasteiger partial charge in [0, 0.05) is 5.75 Å². The van der Waals surface area contributed by atoms with Crippen molar-refractivity contribution in [3.8, 4) is 0 Å². The summed E-state index contributed by atoms with van der Waals surface area (Å²) in [4.78, 5) is 0. The fourth-order valence-corrected chi connectivity index (χ4v) is 0.785. The molecule has 0 aliphatic rings. The molecule has 0 aromatic rings. The first-order chi connectivity index (χ1) is 3.91. The van der Waals surface area contributed by atoms with Crippen molar-refractivity contribution < 1.29 is 0 Å². The van der Waals surface area contributed by atoms with E-state index in [0.29, 0.717) is 0 Å². The Labute approximate surface area is 55.5 Å². The third-order valence-corrected chi connectivity index (χ3v) is 1.39. The van der Waals surface area contributed by atoms with Crippen LogP contribution >= 0.6 is 11.9 Å². The summed E-state index contributed by atoms with van der Waals surface area (Å²) in [5.41, 5.74) is 0. The zero-order chi connectivity index (χ0) is 6.24. The van der Waals surface area contributed by atoms with E-state index in [1.165, 1.54) is 24.8 Å². The maximum Gasteiger partial charge on any atom is 0.00793 e. The average Bonchev–Trinajstić information content (AvgIpc) is 1.81. The van der Waals surface area contributed by atoms with Crippen LogP contribution in [0.2, 0.25) is 0 Å². The molecule has 0 atom stereocenters.